The van der Waals surface area contributed by atoms with Crippen LogP contribution in [-0.2, 0) is 9.59 Å². The van der Waals surface area contributed by atoms with Crippen LogP contribution in [0.25, 0.3) is 0 Å². The third-order valence-electron chi connectivity index (χ3n) is 3.54. The number of hydrogen-bond acceptors (Lipinski definition) is 3. The molecule has 0 saturated carbocycles. The highest BCUT2D eigenvalue weighted by Gasteiger charge is 2.21. The summed E-state index contributed by atoms with van der Waals surface area (Å²) in [5.74, 6) is 0.684. The van der Waals surface area contributed by atoms with Crippen LogP contribution in [0.3, 0.4) is 0 Å². The van der Waals surface area contributed by atoms with E-state index in [1.54, 1.807) is 7.05 Å². The second-order valence-electron chi connectivity index (χ2n) is 5.75. The molecule has 2 unspecified atom stereocenters. The molecule has 2 atom stereocenters. The van der Waals surface area contributed by atoms with Gasteiger partial charge in [-0.15, -0.1) is 0 Å². The van der Waals surface area contributed by atoms with Gasteiger partial charge >= 0.3 is 0 Å². The van der Waals surface area contributed by atoms with E-state index in [2.05, 4.69) is 17.6 Å². The number of carbonyl (C=O) groups excluding carboxylic acids is 2. The standard InChI is InChI=1S/C15H31N3O2/c1-5-12(8-9-16)6-7-14(19)18-13(10-11(2)3)15(20)17-4/h11-13H,5-10,16H2,1-4H3,(H,17,20)(H,18,19). The van der Waals surface area contributed by atoms with E-state index in [9.17, 15) is 9.59 Å². The number of rotatable bonds is 10. The van der Waals surface area contributed by atoms with Gasteiger partial charge in [-0.3, -0.25) is 9.59 Å². The van der Waals surface area contributed by atoms with Gasteiger partial charge in [-0.1, -0.05) is 27.2 Å². The zero-order chi connectivity index (χ0) is 15.5. The van der Waals surface area contributed by atoms with Crippen molar-refractivity contribution in [2.75, 3.05) is 13.6 Å². The highest BCUT2D eigenvalue weighted by molar-refractivity contribution is 5.87. The molecule has 20 heavy (non-hydrogen) atoms. The number of carbonyl (C=O) groups is 2. The average Bonchev–Trinajstić information content (AvgIpc) is 2.41. The normalized spacial score (nSPS) is 13.9. The van der Waals surface area contributed by atoms with E-state index in [4.69, 9.17) is 5.73 Å². The van der Waals surface area contributed by atoms with Crippen molar-refractivity contribution in [2.24, 2.45) is 17.6 Å². The minimum Gasteiger partial charge on any atom is -0.357 e. The molecular weight excluding hydrogens is 254 g/mol. The molecule has 118 valence electrons. The molecule has 0 rings (SSSR count). The van der Waals surface area contributed by atoms with Gasteiger partial charge in [0.1, 0.15) is 6.04 Å². The van der Waals surface area contributed by atoms with Crippen molar-refractivity contribution in [3.63, 3.8) is 0 Å². The molecule has 0 bridgehead atoms. The van der Waals surface area contributed by atoms with Crippen LogP contribution in [0.2, 0.25) is 0 Å². The fraction of sp³-hybridized carbons (Fsp3) is 0.867. The minimum absolute atomic E-state index is 0.0466. The molecule has 0 aromatic heterocycles. The minimum atomic E-state index is -0.429. The van der Waals surface area contributed by atoms with E-state index < -0.39 is 6.04 Å². The largest absolute Gasteiger partial charge is 0.357 e. The lowest BCUT2D eigenvalue weighted by Crippen LogP contribution is -2.46. The highest BCUT2D eigenvalue weighted by atomic mass is 16.2. The van der Waals surface area contributed by atoms with Gasteiger partial charge in [0.25, 0.3) is 0 Å². The zero-order valence-electron chi connectivity index (χ0n) is 13.4. The Morgan fingerprint density at radius 2 is 1.85 bits per heavy atom. The molecule has 0 radical (unpaired) electrons. The van der Waals surface area contributed by atoms with Gasteiger partial charge in [0.15, 0.2) is 0 Å². The summed E-state index contributed by atoms with van der Waals surface area (Å²) >= 11 is 0. The highest BCUT2D eigenvalue weighted by Crippen LogP contribution is 2.14. The van der Waals surface area contributed by atoms with Gasteiger partial charge < -0.3 is 16.4 Å². The van der Waals surface area contributed by atoms with E-state index in [1.807, 2.05) is 13.8 Å². The first-order valence-corrected chi connectivity index (χ1v) is 7.65. The summed E-state index contributed by atoms with van der Waals surface area (Å²) in [5.41, 5.74) is 5.55. The molecule has 5 heteroatoms. The second-order valence-corrected chi connectivity index (χ2v) is 5.75. The molecule has 0 saturated heterocycles. The van der Waals surface area contributed by atoms with Crippen molar-refractivity contribution in [2.45, 2.75) is 58.9 Å². The van der Waals surface area contributed by atoms with Crippen LogP contribution in [-0.4, -0.2) is 31.4 Å². The quantitative estimate of drug-likeness (QED) is 0.567. The average molecular weight is 285 g/mol. The molecular formula is C15H31N3O2. The summed E-state index contributed by atoms with van der Waals surface area (Å²) in [6, 6.07) is -0.429. The van der Waals surface area contributed by atoms with Crippen molar-refractivity contribution < 1.29 is 9.59 Å². The summed E-state index contributed by atoms with van der Waals surface area (Å²) in [5, 5.41) is 5.44. The number of likely N-dealkylation sites (N-methyl/N-ethyl adjacent to an activating group) is 1. The lowest BCUT2D eigenvalue weighted by atomic mass is 9.96. The van der Waals surface area contributed by atoms with E-state index in [0.29, 0.717) is 31.2 Å². The van der Waals surface area contributed by atoms with Crippen LogP contribution in [0, 0.1) is 11.8 Å². The predicted molar refractivity (Wildman–Crippen MR) is 82.1 cm³/mol. The Hall–Kier alpha value is -1.10. The monoisotopic (exact) mass is 285 g/mol. The number of nitrogens with two attached hydrogens (primary N) is 1. The van der Waals surface area contributed by atoms with Crippen LogP contribution in [0.4, 0.5) is 0 Å². The molecule has 2 amide bonds. The first kappa shape index (κ1) is 18.9. The van der Waals surface area contributed by atoms with Gasteiger partial charge in [-0.05, 0) is 37.6 Å². The Bertz CT molecular complexity index is 293. The maximum Gasteiger partial charge on any atom is 0.242 e. The molecule has 0 aromatic rings. The van der Waals surface area contributed by atoms with Crippen LogP contribution in [0.1, 0.15) is 52.9 Å². The Labute approximate surface area is 123 Å². The molecule has 0 aromatic carbocycles. The SMILES string of the molecule is CCC(CCN)CCC(=O)NC(CC(C)C)C(=O)NC. The molecule has 0 aliphatic rings. The first-order chi connectivity index (χ1) is 9.44. The van der Waals surface area contributed by atoms with Crippen LogP contribution in [0.5, 0.6) is 0 Å². The Kier molecular flexibility index (Phi) is 10.1. The molecule has 0 heterocycles. The predicted octanol–water partition coefficient (Wildman–Crippen LogP) is 1.42. The molecule has 4 N–H and O–H groups in total. The molecule has 5 nitrogen and oxygen atoms in total. The van der Waals surface area contributed by atoms with Crippen molar-refractivity contribution in [1.29, 1.82) is 0 Å². The number of nitrogens with one attached hydrogen (secondary N) is 2. The van der Waals surface area contributed by atoms with Crippen molar-refractivity contribution in [1.82, 2.24) is 10.6 Å². The summed E-state index contributed by atoms with van der Waals surface area (Å²) in [7, 11) is 1.59. The zero-order valence-corrected chi connectivity index (χ0v) is 13.4. The molecule has 0 spiro atoms. The first-order valence-electron chi connectivity index (χ1n) is 7.65. The summed E-state index contributed by atoms with van der Waals surface area (Å²) in [6.07, 6.45) is 3.95. The van der Waals surface area contributed by atoms with Crippen LogP contribution >= 0.6 is 0 Å². The molecule has 0 aliphatic carbocycles. The summed E-state index contributed by atoms with van der Waals surface area (Å²) in [6.45, 7) is 6.85. The topological polar surface area (TPSA) is 84.2 Å². The van der Waals surface area contributed by atoms with Crippen molar-refractivity contribution in [3.05, 3.63) is 0 Å². The Balaban J connectivity index is 4.27. The third kappa shape index (κ3) is 8.15. The van der Waals surface area contributed by atoms with Gasteiger partial charge in [0.05, 0.1) is 0 Å². The fourth-order valence-electron chi connectivity index (χ4n) is 2.27. The molecule has 0 fully saturated rings. The Morgan fingerprint density at radius 3 is 2.30 bits per heavy atom. The lowest BCUT2D eigenvalue weighted by molar-refractivity contribution is -0.129. The maximum absolute atomic E-state index is 12.0. The lowest BCUT2D eigenvalue weighted by Gasteiger charge is -2.20. The van der Waals surface area contributed by atoms with E-state index in [0.717, 1.165) is 19.3 Å². The van der Waals surface area contributed by atoms with Gasteiger partial charge in [-0.25, -0.2) is 0 Å². The van der Waals surface area contributed by atoms with Gasteiger partial charge in [0.2, 0.25) is 11.8 Å². The van der Waals surface area contributed by atoms with Crippen molar-refractivity contribution in [3.8, 4) is 0 Å². The van der Waals surface area contributed by atoms with Crippen LogP contribution in [0.15, 0.2) is 0 Å². The fourth-order valence-corrected chi connectivity index (χ4v) is 2.27. The van der Waals surface area contributed by atoms with E-state index in [1.165, 1.54) is 0 Å². The van der Waals surface area contributed by atoms with Gasteiger partial charge in [-0.2, -0.15) is 0 Å². The molecule has 0 aliphatic heterocycles. The maximum atomic E-state index is 12.0. The van der Waals surface area contributed by atoms with Crippen molar-refractivity contribution >= 4 is 11.8 Å². The second kappa shape index (κ2) is 10.7. The van der Waals surface area contributed by atoms with E-state index >= 15 is 0 Å². The van der Waals surface area contributed by atoms with E-state index in [-0.39, 0.29) is 11.8 Å². The van der Waals surface area contributed by atoms with Gasteiger partial charge in [0, 0.05) is 13.5 Å². The number of amides is 2. The Morgan fingerprint density at radius 1 is 1.20 bits per heavy atom. The summed E-state index contributed by atoms with van der Waals surface area (Å²) in [4.78, 5) is 23.7. The summed E-state index contributed by atoms with van der Waals surface area (Å²) < 4.78 is 0. The van der Waals surface area contributed by atoms with Crippen LogP contribution < -0.4 is 16.4 Å². The third-order valence-corrected chi connectivity index (χ3v) is 3.54. The number of hydrogen-bond donors (Lipinski definition) is 3. The smallest absolute Gasteiger partial charge is 0.242 e.